The first-order valence-electron chi connectivity index (χ1n) is 10.1. The van der Waals surface area contributed by atoms with Crippen LogP contribution >= 0.6 is 7.82 Å². The standard InChI is InChI=1S/C21H39O5PSi/c1-10-23-27(22,24-11-2)26-19-15-13-12-14-18(19)21(6,7)16-17-25-28(8,9)20(3,4)5/h12-15H,10-11,16-17H2,1-9H3. The lowest BCUT2D eigenvalue weighted by Crippen LogP contribution is -2.41. The molecule has 0 bridgehead atoms. The highest BCUT2D eigenvalue weighted by molar-refractivity contribution is 7.48. The van der Waals surface area contributed by atoms with Gasteiger partial charge in [-0.05, 0) is 49.9 Å². The quantitative estimate of drug-likeness (QED) is 0.281. The van der Waals surface area contributed by atoms with E-state index in [0.29, 0.717) is 12.4 Å². The molecular weight excluding hydrogens is 391 g/mol. The van der Waals surface area contributed by atoms with Crippen LogP contribution in [-0.4, -0.2) is 28.1 Å². The van der Waals surface area contributed by atoms with Gasteiger partial charge >= 0.3 is 7.82 Å². The fraction of sp³-hybridized carbons (Fsp3) is 0.714. The van der Waals surface area contributed by atoms with E-state index in [-0.39, 0.29) is 23.7 Å². The molecule has 0 aromatic heterocycles. The second-order valence-electron chi connectivity index (χ2n) is 9.11. The van der Waals surface area contributed by atoms with E-state index in [1.165, 1.54) is 0 Å². The maximum atomic E-state index is 12.8. The Morgan fingerprint density at radius 3 is 2.00 bits per heavy atom. The van der Waals surface area contributed by atoms with Crippen LogP contribution in [0.2, 0.25) is 18.1 Å². The first-order chi connectivity index (χ1) is 12.8. The van der Waals surface area contributed by atoms with Crippen molar-refractivity contribution < 1.29 is 22.6 Å². The minimum atomic E-state index is -3.64. The lowest BCUT2D eigenvalue weighted by molar-refractivity contribution is 0.166. The smallest absolute Gasteiger partial charge is 0.417 e. The van der Waals surface area contributed by atoms with Gasteiger partial charge in [0.15, 0.2) is 8.32 Å². The third-order valence-corrected chi connectivity index (χ3v) is 11.5. The number of hydrogen-bond acceptors (Lipinski definition) is 5. The maximum Gasteiger partial charge on any atom is 0.530 e. The van der Waals surface area contributed by atoms with Crippen LogP contribution in [-0.2, 0) is 23.5 Å². The van der Waals surface area contributed by atoms with Gasteiger partial charge in [-0.1, -0.05) is 52.8 Å². The van der Waals surface area contributed by atoms with Gasteiger partial charge in [-0.2, -0.15) is 0 Å². The number of rotatable bonds is 11. The molecule has 0 radical (unpaired) electrons. The molecule has 0 atom stereocenters. The number of phosphoric acid groups is 1. The number of para-hydroxylation sites is 1. The van der Waals surface area contributed by atoms with E-state index < -0.39 is 16.1 Å². The summed E-state index contributed by atoms with van der Waals surface area (Å²) in [4.78, 5) is 0. The van der Waals surface area contributed by atoms with E-state index in [1.54, 1.807) is 13.8 Å². The van der Waals surface area contributed by atoms with Crippen LogP contribution in [0.4, 0.5) is 0 Å². The average Bonchev–Trinajstić information content (AvgIpc) is 2.54. The molecule has 1 aromatic carbocycles. The van der Waals surface area contributed by atoms with Crippen LogP contribution in [0.15, 0.2) is 24.3 Å². The summed E-state index contributed by atoms with van der Waals surface area (Å²) in [6.45, 7) is 20.3. The highest BCUT2D eigenvalue weighted by Gasteiger charge is 2.38. The van der Waals surface area contributed by atoms with Crippen LogP contribution in [0.5, 0.6) is 5.75 Å². The van der Waals surface area contributed by atoms with Crippen LogP contribution in [0.3, 0.4) is 0 Å². The molecule has 0 saturated carbocycles. The van der Waals surface area contributed by atoms with Crippen molar-refractivity contribution in [3.63, 3.8) is 0 Å². The van der Waals surface area contributed by atoms with Crippen molar-refractivity contribution in [3.05, 3.63) is 29.8 Å². The van der Waals surface area contributed by atoms with Crippen molar-refractivity contribution in [1.29, 1.82) is 0 Å². The summed E-state index contributed by atoms with van der Waals surface area (Å²) in [5.41, 5.74) is 0.746. The average molecular weight is 431 g/mol. The predicted octanol–water partition coefficient (Wildman–Crippen LogP) is 6.94. The zero-order valence-electron chi connectivity index (χ0n) is 19.1. The molecule has 0 aliphatic heterocycles. The zero-order valence-corrected chi connectivity index (χ0v) is 21.0. The summed E-state index contributed by atoms with van der Waals surface area (Å²) >= 11 is 0. The van der Waals surface area contributed by atoms with Gasteiger partial charge in [0.25, 0.3) is 0 Å². The first kappa shape index (κ1) is 25.4. The first-order valence-corrected chi connectivity index (χ1v) is 14.5. The molecule has 0 saturated heterocycles. The Bertz CT molecular complexity index is 657. The molecule has 0 fully saturated rings. The number of phosphoric ester groups is 1. The van der Waals surface area contributed by atoms with Gasteiger partial charge in [-0.25, -0.2) is 4.57 Å². The highest BCUT2D eigenvalue weighted by Crippen LogP contribution is 2.51. The molecule has 0 amide bonds. The van der Waals surface area contributed by atoms with Gasteiger partial charge in [0, 0.05) is 12.2 Å². The minimum Gasteiger partial charge on any atom is -0.417 e. The molecule has 1 aromatic rings. The number of benzene rings is 1. The van der Waals surface area contributed by atoms with E-state index in [1.807, 2.05) is 24.3 Å². The maximum absolute atomic E-state index is 12.8. The molecule has 1 rings (SSSR count). The molecule has 7 heteroatoms. The molecule has 28 heavy (non-hydrogen) atoms. The monoisotopic (exact) mass is 430 g/mol. The van der Waals surface area contributed by atoms with Gasteiger partial charge in [0.2, 0.25) is 0 Å². The molecule has 0 spiro atoms. The molecule has 162 valence electrons. The molecule has 0 heterocycles. The molecule has 0 unspecified atom stereocenters. The van der Waals surface area contributed by atoms with Crippen LogP contribution in [0.25, 0.3) is 0 Å². The van der Waals surface area contributed by atoms with Crippen molar-refractivity contribution >= 4 is 16.1 Å². The molecular formula is C21H39O5PSi. The van der Waals surface area contributed by atoms with Crippen LogP contribution < -0.4 is 4.52 Å². The van der Waals surface area contributed by atoms with Crippen LogP contribution in [0.1, 0.15) is 60.5 Å². The normalized spacial score (nSPS) is 13.6. The van der Waals surface area contributed by atoms with E-state index in [4.69, 9.17) is 18.0 Å². The summed E-state index contributed by atoms with van der Waals surface area (Å²) < 4.78 is 35.6. The Morgan fingerprint density at radius 1 is 0.964 bits per heavy atom. The van der Waals surface area contributed by atoms with Gasteiger partial charge < -0.3 is 8.95 Å². The van der Waals surface area contributed by atoms with Gasteiger partial charge in [-0.15, -0.1) is 0 Å². The lowest BCUT2D eigenvalue weighted by atomic mass is 9.81. The second-order valence-corrected chi connectivity index (χ2v) is 15.5. The molecule has 0 aliphatic carbocycles. The van der Waals surface area contributed by atoms with Crippen molar-refractivity contribution in [2.45, 2.75) is 78.4 Å². The summed E-state index contributed by atoms with van der Waals surface area (Å²) in [7, 11) is -5.43. The lowest BCUT2D eigenvalue weighted by Gasteiger charge is -2.37. The topological polar surface area (TPSA) is 54.0 Å². The third-order valence-electron chi connectivity index (χ3n) is 5.40. The van der Waals surface area contributed by atoms with Crippen molar-refractivity contribution in [1.82, 2.24) is 0 Å². The SMILES string of the molecule is CCOP(=O)(OCC)Oc1ccccc1C(C)(C)CCO[Si](C)(C)C(C)(C)C. The predicted molar refractivity (Wildman–Crippen MR) is 119 cm³/mol. The number of hydrogen-bond donors (Lipinski definition) is 0. The van der Waals surface area contributed by atoms with Crippen molar-refractivity contribution in [2.75, 3.05) is 19.8 Å². The van der Waals surface area contributed by atoms with Gasteiger partial charge in [-0.3, -0.25) is 9.05 Å². The Balaban J connectivity index is 2.99. The van der Waals surface area contributed by atoms with Crippen molar-refractivity contribution in [3.8, 4) is 5.75 Å². The van der Waals surface area contributed by atoms with E-state index in [2.05, 4.69) is 47.7 Å². The van der Waals surface area contributed by atoms with E-state index in [0.717, 1.165) is 12.0 Å². The Hall–Kier alpha value is -0.653. The summed E-state index contributed by atoms with van der Waals surface area (Å²) in [6.07, 6.45) is 0.827. The van der Waals surface area contributed by atoms with Crippen molar-refractivity contribution in [2.24, 2.45) is 0 Å². The summed E-state index contributed by atoms with van der Waals surface area (Å²) in [5, 5.41) is 0.180. The van der Waals surface area contributed by atoms with Gasteiger partial charge in [0.05, 0.1) is 13.2 Å². The Morgan fingerprint density at radius 2 is 1.50 bits per heavy atom. The summed E-state index contributed by atoms with van der Waals surface area (Å²) in [6, 6.07) is 7.65. The second kappa shape index (κ2) is 9.90. The Labute approximate surface area is 172 Å². The van der Waals surface area contributed by atoms with Crippen LogP contribution in [0, 0.1) is 0 Å². The molecule has 5 nitrogen and oxygen atoms in total. The minimum absolute atomic E-state index is 0.180. The largest absolute Gasteiger partial charge is 0.530 e. The highest BCUT2D eigenvalue weighted by atomic mass is 31.2. The van der Waals surface area contributed by atoms with E-state index in [9.17, 15) is 4.57 Å². The third kappa shape index (κ3) is 6.99. The zero-order chi connectivity index (χ0) is 21.6. The summed E-state index contributed by atoms with van der Waals surface area (Å²) in [5.74, 6) is 0.532. The van der Waals surface area contributed by atoms with Gasteiger partial charge in [0.1, 0.15) is 5.75 Å². The van der Waals surface area contributed by atoms with E-state index >= 15 is 0 Å². The fourth-order valence-corrected chi connectivity index (χ4v) is 4.80. The Kier molecular flexibility index (Phi) is 8.98. The molecule has 0 aliphatic rings. The molecule has 0 N–H and O–H groups in total. The fourth-order valence-electron chi connectivity index (χ4n) is 2.54.